The van der Waals surface area contributed by atoms with Crippen molar-refractivity contribution in [2.75, 3.05) is 0 Å². The van der Waals surface area contributed by atoms with Crippen LogP contribution in [-0.4, -0.2) is 21.9 Å². The Labute approximate surface area is 140 Å². The van der Waals surface area contributed by atoms with Crippen molar-refractivity contribution in [1.82, 2.24) is 0 Å². The monoisotopic (exact) mass is 317 g/mol. The second-order valence-electron chi connectivity index (χ2n) is 9.55. The molecule has 0 unspecified atom stereocenters. The van der Waals surface area contributed by atoms with E-state index >= 15 is 0 Å². The molecule has 0 spiro atoms. The van der Waals surface area contributed by atoms with Crippen LogP contribution in [0.4, 0.5) is 0 Å². The van der Waals surface area contributed by atoms with E-state index < -0.39 is 5.60 Å². The first-order chi connectivity index (χ1) is 10.8. The summed E-state index contributed by atoms with van der Waals surface area (Å²) in [5.74, 6) is 2.59. The molecule has 4 fully saturated rings. The van der Waals surface area contributed by atoms with Gasteiger partial charge in [-0.3, -0.25) is 0 Å². The summed E-state index contributed by atoms with van der Waals surface area (Å²) in [5.41, 5.74) is -0.944. The first-order valence-electron chi connectivity index (χ1n) is 9.66. The highest BCUT2D eigenvalue weighted by Gasteiger charge is 2.64. The minimum absolute atomic E-state index is 0.0892. The second kappa shape index (κ2) is 4.96. The number of nitrogens with zero attached hydrogens (tertiary/aromatic N) is 1. The van der Waals surface area contributed by atoms with Gasteiger partial charge in [0.25, 0.3) is 0 Å². The maximum Gasteiger partial charge on any atom is 0.156 e. The number of hydrogen-bond donors (Lipinski definition) is 2. The number of nitriles is 1. The summed E-state index contributed by atoms with van der Waals surface area (Å²) in [6.45, 7) is 4.66. The van der Waals surface area contributed by atoms with Crippen LogP contribution in [0, 0.1) is 45.8 Å². The molecule has 23 heavy (non-hydrogen) atoms. The molecular formula is C20H31NO2. The van der Waals surface area contributed by atoms with Crippen molar-refractivity contribution < 1.29 is 10.2 Å². The molecule has 4 aliphatic carbocycles. The van der Waals surface area contributed by atoms with Crippen molar-refractivity contribution in [2.24, 2.45) is 34.5 Å². The summed E-state index contributed by atoms with van der Waals surface area (Å²) in [4.78, 5) is 0. The SMILES string of the molecule is C[C@]12CC[C@@H](O)C[C@@H]1CC[C@@H]1[C@@H]2CC[C@@]2(C)[C@H]1CC[C@]2(O)C#N. The Kier molecular flexibility index (Phi) is 3.43. The average molecular weight is 317 g/mol. The zero-order valence-corrected chi connectivity index (χ0v) is 14.6. The van der Waals surface area contributed by atoms with E-state index in [4.69, 9.17) is 0 Å². The molecule has 4 rings (SSSR count). The van der Waals surface area contributed by atoms with E-state index in [2.05, 4.69) is 19.9 Å². The van der Waals surface area contributed by atoms with Gasteiger partial charge in [0.2, 0.25) is 0 Å². The average Bonchev–Trinajstić information content (AvgIpc) is 2.80. The summed E-state index contributed by atoms with van der Waals surface area (Å²) < 4.78 is 0. The largest absolute Gasteiger partial charge is 0.393 e. The van der Waals surface area contributed by atoms with Crippen molar-refractivity contribution in [1.29, 1.82) is 5.26 Å². The Hall–Kier alpha value is -0.590. The fourth-order valence-corrected chi connectivity index (χ4v) is 7.44. The quantitative estimate of drug-likeness (QED) is 0.670. The molecule has 0 bridgehead atoms. The first kappa shape index (κ1) is 15.9. The van der Waals surface area contributed by atoms with Gasteiger partial charge in [-0.1, -0.05) is 13.8 Å². The van der Waals surface area contributed by atoms with Crippen LogP contribution in [0.5, 0.6) is 0 Å². The molecule has 0 aromatic rings. The van der Waals surface area contributed by atoms with E-state index in [0.717, 1.165) is 44.4 Å². The molecule has 128 valence electrons. The highest BCUT2D eigenvalue weighted by Crippen LogP contribution is 2.68. The van der Waals surface area contributed by atoms with Gasteiger partial charge in [0, 0.05) is 5.41 Å². The van der Waals surface area contributed by atoms with Crippen LogP contribution in [0.15, 0.2) is 0 Å². The Morgan fingerprint density at radius 3 is 2.43 bits per heavy atom. The van der Waals surface area contributed by atoms with Crippen LogP contribution < -0.4 is 0 Å². The molecule has 8 atom stereocenters. The molecule has 0 radical (unpaired) electrons. The third-order valence-corrected chi connectivity index (χ3v) is 8.97. The Morgan fingerprint density at radius 2 is 1.70 bits per heavy atom. The van der Waals surface area contributed by atoms with E-state index in [0.29, 0.717) is 29.6 Å². The number of aliphatic hydroxyl groups excluding tert-OH is 1. The Bertz CT molecular complexity index is 542. The number of aliphatic hydroxyl groups is 2. The van der Waals surface area contributed by atoms with Gasteiger partial charge < -0.3 is 10.2 Å². The molecule has 3 heteroatoms. The van der Waals surface area contributed by atoms with Gasteiger partial charge in [-0.2, -0.15) is 5.26 Å². The lowest BCUT2D eigenvalue weighted by Gasteiger charge is -2.61. The third kappa shape index (κ3) is 1.94. The van der Waals surface area contributed by atoms with Crippen LogP contribution in [0.3, 0.4) is 0 Å². The maximum atomic E-state index is 10.9. The normalized spacial score (nSPS) is 58.7. The molecule has 2 N–H and O–H groups in total. The van der Waals surface area contributed by atoms with Crippen molar-refractivity contribution in [3.05, 3.63) is 0 Å². The minimum Gasteiger partial charge on any atom is -0.393 e. The van der Waals surface area contributed by atoms with Gasteiger partial charge in [0.1, 0.15) is 0 Å². The highest BCUT2D eigenvalue weighted by molar-refractivity contribution is 5.20. The van der Waals surface area contributed by atoms with Gasteiger partial charge >= 0.3 is 0 Å². The van der Waals surface area contributed by atoms with Crippen LogP contribution in [0.2, 0.25) is 0 Å². The fourth-order valence-electron chi connectivity index (χ4n) is 7.44. The number of rotatable bonds is 0. The Morgan fingerprint density at radius 1 is 0.957 bits per heavy atom. The summed E-state index contributed by atoms with van der Waals surface area (Å²) in [6, 6.07) is 2.27. The smallest absolute Gasteiger partial charge is 0.156 e. The van der Waals surface area contributed by atoms with Gasteiger partial charge in [-0.25, -0.2) is 0 Å². The zero-order valence-electron chi connectivity index (χ0n) is 14.6. The van der Waals surface area contributed by atoms with E-state index in [9.17, 15) is 15.5 Å². The molecule has 3 nitrogen and oxygen atoms in total. The molecular weight excluding hydrogens is 286 g/mol. The van der Waals surface area contributed by atoms with Gasteiger partial charge in [-0.05, 0) is 86.9 Å². The molecule has 0 amide bonds. The zero-order chi connectivity index (χ0) is 16.5. The lowest BCUT2D eigenvalue weighted by molar-refractivity contribution is -0.145. The van der Waals surface area contributed by atoms with E-state index in [1.807, 2.05) is 0 Å². The van der Waals surface area contributed by atoms with Crippen LogP contribution in [-0.2, 0) is 0 Å². The molecule has 4 aliphatic rings. The van der Waals surface area contributed by atoms with Gasteiger partial charge in [0.05, 0.1) is 12.2 Å². The van der Waals surface area contributed by atoms with Crippen molar-refractivity contribution in [2.45, 2.75) is 83.3 Å². The van der Waals surface area contributed by atoms with Gasteiger partial charge in [0.15, 0.2) is 5.60 Å². The van der Waals surface area contributed by atoms with Crippen molar-refractivity contribution in [3.8, 4) is 6.07 Å². The third-order valence-electron chi connectivity index (χ3n) is 8.97. The molecule has 4 saturated carbocycles. The van der Waals surface area contributed by atoms with Crippen molar-refractivity contribution in [3.63, 3.8) is 0 Å². The summed E-state index contributed by atoms with van der Waals surface area (Å²) in [6.07, 6.45) is 9.31. The van der Waals surface area contributed by atoms with E-state index in [1.165, 1.54) is 12.8 Å². The molecule has 0 aromatic carbocycles. The second-order valence-corrected chi connectivity index (χ2v) is 9.55. The predicted octanol–water partition coefficient (Wildman–Crippen LogP) is 3.64. The summed E-state index contributed by atoms with van der Waals surface area (Å²) in [7, 11) is 0. The van der Waals surface area contributed by atoms with Gasteiger partial charge in [-0.15, -0.1) is 0 Å². The predicted molar refractivity (Wildman–Crippen MR) is 88.3 cm³/mol. The summed E-state index contributed by atoms with van der Waals surface area (Å²) in [5, 5.41) is 30.5. The van der Waals surface area contributed by atoms with Crippen LogP contribution in [0.1, 0.15) is 71.6 Å². The fraction of sp³-hybridized carbons (Fsp3) is 0.950. The molecule has 0 saturated heterocycles. The lowest BCUT2D eigenvalue weighted by atomic mass is 9.44. The first-order valence-corrected chi connectivity index (χ1v) is 9.66. The lowest BCUT2D eigenvalue weighted by Crippen LogP contribution is -2.56. The number of fused-ring (bicyclic) bond motifs is 5. The number of hydrogen-bond acceptors (Lipinski definition) is 3. The molecule has 0 aromatic heterocycles. The van der Waals surface area contributed by atoms with Crippen LogP contribution in [0.25, 0.3) is 0 Å². The topological polar surface area (TPSA) is 64.2 Å². The van der Waals surface area contributed by atoms with Crippen LogP contribution >= 0.6 is 0 Å². The molecule has 0 heterocycles. The van der Waals surface area contributed by atoms with Crippen molar-refractivity contribution >= 4 is 0 Å². The maximum absolute atomic E-state index is 10.9. The minimum atomic E-state index is -1.11. The standard InChI is InChI=1S/C20H31NO2/c1-18-8-5-14(22)11-13(18)3-4-15-16(18)6-9-19(2)17(15)7-10-20(19,23)12-21/h13-17,22-23H,3-11H2,1-2H3/t13-,14+,15+,16-,17-,18-,19-,20-/m0/s1. The highest BCUT2D eigenvalue weighted by atomic mass is 16.3. The van der Waals surface area contributed by atoms with E-state index in [-0.39, 0.29) is 11.5 Å². The van der Waals surface area contributed by atoms with E-state index in [1.54, 1.807) is 0 Å². The Balaban J connectivity index is 1.65. The molecule has 0 aliphatic heterocycles. The summed E-state index contributed by atoms with van der Waals surface area (Å²) >= 11 is 0.